The van der Waals surface area contributed by atoms with Crippen molar-refractivity contribution in [2.24, 2.45) is 5.73 Å². The molecule has 94 valence electrons. The molecule has 0 saturated heterocycles. The maximum absolute atomic E-state index is 13.7. The fraction of sp³-hybridized carbons (Fsp3) is 0.500. The third-order valence-corrected chi connectivity index (χ3v) is 3.98. The number of aromatic hydroxyl groups is 1. The number of rotatable bonds is 3. The topological polar surface area (TPSA) is 55.5 Å². The van der Waals surface area contributed by atoms with E-state index in [0.717, 1.165) is 25.3 Å². The average molecular weight is 260 g/mol. The zero-order valence-electron chi connectivity index (χ0n) is 9.59. The number of phenolic OH excluding ortho intramolecular Hbond substituents is 1. The Morgan fingerprint density at radius 1 is 1.59 bits per heavy atom. The Morgan fingerprint density at radius 3 is 2.65 bits per heavy atom. The third kappa shape index (κ3) is 1.76. The van der Waals surface area contributed by atoms with Crippen LogP contribution in [0.3, 0.4) is 0 Å². The van der Waals surface area contributed by atoms with Gasteiger partial charge in [-0.15, -0.1) is 0 Å². The molecule has 0 heterocycles. The minimum Gasteiger partial charge on any atom is -0.504 e. The number of nitrogens with two attached hydrogens (primary N) is 1. The Morgan fingerprint density at radius 2 is 2.24 bits per heavy atom. The lowest BCUT2D eigenvalue weighted by atomic mass is 9.64. The first kappa shape index (κ1) is 12.5. The van der Waals surface area contributed by atoms with Crippen molar-refractivity contribution in [2.75, 3.05) is 13.7 Å². The van der Waals surface area contributed by atoms with E-state index in [1.807, 2.05) is 0 Å². The number of benzene rings is 1. The number of methoxy groups -OCH3 is 1. The first-order valence-corrected chi connectivity index (χ1v) is 5.89. The van der Waals surface area contributed by atoms with Gasteiger partial charge in [0, 0.05) is 23.6 Å². The summed E-state index contributed by atoms with van der Waals surface area (Å²) < 4.78 is 18.6. The molecule has 1 saturated carbocycles. The fourth-order valence-corrected chi connectivity index (χ4v) is 2.74. The predicted octanol–water partition coefficient (Wildman–Crippen LogP) is 2.57. The smallest absolute Gasteiger partial charge is 0.163 e. The van der Waals surface area contributed by atoms with Crippen LogP contribution >= 0.6 is 11.6 Å². The maximum atomic E-state index is 13.7. The molecule has 1 aliphatic rings. The van der Waals surface area contributed by atoms with E-state index in [0.29, 0.717) is 12.1 Å². The number of hydrogen-bond acceptors (Lipinski definition) is 3. The summed E-state index contributed by atoms with van der Waals surface area (Å²) >= 11 is 5.96. The van der Waals surface area contributed by atoms with Gasteiger partial charge < -0.3 is 15.6 Å². The highest BCUT2D eigenvalue weighted by Gasteiger charge is 2.42. The standard InChI is InChI=1S/C12H15ClFNO2/c1-17-8-5-7(14)10(13)9(11(8)16)12(6-15)3-2-4-12/h5,16H,2-4,6,15H2,1H3. The highest BCUT2D eigenvalue weighted by Crippen LogP contribution is 2.52. The lowest BCUT2D eigenvalue weighted by Gasteiger charge is -2.42. The van der Waals surface area contributed by atoms with Gasteiger partial charge in [-0.2, -0.15) is 0 Å². The Labute approximate surface area is 104 Å². The quantitative estimate of drug-likeness (QED) is 0.877. The van der Waals surface area contributed by atoms with E-state index in [2.05, 4.69) is 0 Å². The van der Waals surface area contributed by atoms with Gasteiger partial charge in [-0.25, -0.2) is 4.39 Å². The molecule has 0 amide bonds. The normalized spacial score (nSPS) is 17.6. The van der Waals surface area contributed by atoms with Crippen molar-refractivity contribution < 1.29 is 14.2 Å². The minimum absolute atomic E-state index is 0.0477. The van der Waals surface area contributed by atoms with Gasteiger partial charge in [-0.1, -0.05) is 18.0 Å². The van der Waals surface area contributed by atoms with Gasteiger partial charge in [-0.05, 0) is 12.8 Å². The zero-order valence-corrected chi connectivity index (χ0v) is 10.4. The van der Waals surface area contributed by atoms with E-state index in [1.165, 1.54) is 7.11 Å². The molecule has 1 aliphatic carbocycles. The second-order valence-electron chi connectivity index (χ2n) is 4.44. The summed E-state index contributed by atoms with van der Waals surface area (Å²) in [5.41, 5.74) is 5.73. The fourth-order valence-electron chi connectivity index (χ4n) is 2.39. The van der Waals surface area contributed by atoms with Crippen LogP contribution in [0.4, 0.5) is 4.39 Å². The second-order valence-corrected chi connectivity index (χ2v) is 4.81. The van der Waals surface area contributed by atoms with E-state index in [9.17, 15) is 9.50 Å². The Balaban J connectivity index is 2.63. The van der Waals surface area contributed by atoms with E-state index >= 15 is 0 Å². The number of ether oxygens (including phenoxy) is 1. The molecule has 0 radical (unpaired) electrons. The predicted molar refractivity (Wildman–Crippen MR) is 64.2 cm³/mol. The Bertz CT molecular complexity index is 441. The van der Waals surface area contributed by atoms with Crippen LogP contribution in [-0.4, -0.2) is 18.8 Å². The van der Waals surface area contributed by atoms with Crippen molar-refractivity contribution >= 4 is 11.6 Å². The van der Waals surface area contributed by atoms with Gasteiger partial charge in [0.1, 0.15) is 5.82 Å². The molecule has 5 heteroatoms. The molecule has 0 aromatic heterocycles. The molecule has 0 spiro atoms. The van der Waals surface area contributed by atoms with E-state index in [-0.39, 0.29) is 16.5 Å². The largest absolute Gasteiger partial charge is 0.504 e. The maximum Gasteiger partial charge on any atom is 0.163 e. The van der Waals surface area contributed by atoms with Crippen LogP contribution in [0.2, 0.25) is 5.02 Å². The van der Waals surface area contributed by atoms with Crippen LogP contribution in [-0.2, 0) is 5.41 Å². The Hall–Kier alpha value is -1.00. The molecule has 2 rings (SSSR count). The third-order valence-electron chi connectivity index (χ3n) is 3.61. The van der Waals surface area contributed by atoms with Gasteiger partial charge >= 0.3 is 0 Å². The number of halogens is 2. The van der Waals surface area contributed by atoms with E-state index < -0.39 is 11.2 Å². The average Bonchev–Trinajstić information content (AvgIpc) is 2.27. The number of phenols is 1. The molecular weight excluding hydrogens is 245 g/mol. The molecule has 3 nitrogen and oxygen atoms in total. The molecule has 1 aromatic rings. The summed E-state index contributed by atoms with van der Waals surface area (Å²) in [6.07, 6.45) is 2.62. The van der Waals surface area contributed by atoms with Crippen LogP contribution in [0, 0.1) is 5.82 Å². The molecule has 1 fully saturated rings. The van der Waals surface area contributed by atoms with Crippen LogP contribution in [0.25, 0.3) is 0 Å². The summed E-state index contributed by atoms with van der Waals surface area (Å²) in [4.78, 5) is 0. The molecule has 17 heavy (non-hydrogen) atoms. The van der Waals surface area contributed by atoms with Gasteiger partial charge in [0.2, 0.25) is 0 Å². The van der Waals surface area contributed by atoms with Crippen molar-refractivity contribution in [1.29, 1.82) is 0 Å². The first-order valence-electron chi connectivity index (χ1n) is 5.51. The molecule has 0 atom stereocenters. The lowest BCUT2D eigenvalue weighted by molar-refractivity contribution is 0.241. The molecular formula is C12H15ClFNO2. The van der Waals surface area contributed by atoms with Crippen molar-refractivity contribution in [1.82, 2.24) is 0 Å². The van der Waals surface area contributed by atoms with E-state index in [4.69, 9.17) is 22.1 Å². The second kappa shape index (κ2) is 4.35. The Kier molecular flexibility index (Phi) is 3.19. The summed E-state index contributed by atoms with van der Waals surface area (Å²) in [6, 6.07) is 1.09. The van der Waals surface area contributed by atoms with Gasteiger partial charge in [0.05, 0.1) is 12.1 Å². The molecule has 0 unspecified atom stereocenters. The van der Waals surface area contributed by atoms with Crippen molar-refractivity contribution in [3.63, 3.8) is 0 Å². The highest BCUT2D eigenvalue weighted by molar-refractivity contribution is 6.32. The molecule has 0 aliphatic heterocycles. The summed E-state index contributed by atoms with van der Waals surface area (Å²) in [5, 5.41) is 10.0. The SMILES string of the molecule is COc1cc(F)c(Cl)c(C2(CN)CCC2)c1O. The van der Waals surface area contributed by atoms with E-state index in [1.54, 1.807) is 0 Å². The molecule has 3 N–H and O–H groups in total. The highest BCUT2D eigenvalue weighted by atomic mass is 35.5. The summed E-state index contributed by atoms with van der Waals surface area (Å²) in [5.74, 6) is -0.582. The first-order chi connectivity index (χ1) is 8.05. The van der Waals surface area contributed by atoms with Crippen LogP contribution in [0.1, 0.15) is 24.8 Å². The summed E-state index contributed by atoms with van der Waals surface area (Å²) in [7, 11) is 1.38. The lowest BCUT2D eigenvalue weighted by Crippen LogP contribution is -2.42. The molecule has 0 bridgehead atoms. The van der Waals surface area contributed by atoms with Crippen molar-refractivity contribution in [2.45, 2.75) is 24.7 Å². The van der Waals surface area contributed by atoms with Crippen LogP contribution in [0.5, 0.6) is 11.5 Å². The van der Waals surface area contributed by atoms with Crippen LogP contribution in [0.15, 0.2) is 6.07 Å². The van der Waals surface area contributed by atoms with Gasteiger partial charge in [0.25, 0.3) is 0 Å². The minimum atomic E-state index is -0.587. The summed E-state index contributed by atoms with van der Waals surface area (Å²) in [6.45, 7) is 0.340. The van der Waals surface area contributed by atoms with Crippen LogP contribution < -0.4 is 10.5 Å². The zero-order chi connectivity index (χ0) is 12.6. The van der Waals surface area contributed by atoms with Gasteiger partial charge in [-0.3, -0.25) is 0 Å². The van der Waals surface area contributed by atoms with Crippen molar-refractivity contribution in [3.05, 3.63) is 22.5 Å². The molecule has 1 aromatic carbocycles. The number of hydrogen-bond donors (Lipinski definition) is 2. The van der Waals surface area contributed by atoms with Gasteiger partial charge in [0.15, 0.2) is 11.5 Å². The van der Waals surface area contributed by atoms with Crippen molar-refractivity contribution in [3.8, 4) is 11.5 Å². The monoisotopic (exact) mass is 259 g/mol.